The van der Waals surface area contributed by atoms with Crippen LogP contribution in [0, 0.1) is 20.8 Å². The molecule has 0 aliphatic heterocycles. The van der Waals surface area contributed by atoms with Crippen LogP contribution in [0.4, 0.5) is 0 Å². The van der Waals surface area contributed by atoms with E-state index in [1.807, 2.05) is 20.8 Å². The largest absolute Gasteiger partial charge is 0.479 e. The molecule has 0 saturated heterocycles. The molecule has 4 nitrogen and oxygen atoms in total. The van der Waals surface area contributed by atoms with E-state index in [0.29, 0.717) is 15.8 Å². The van der Waals surface area contributed by atoms with Gasteiger partial charge in [0.05, 0.1) is 11.2 Å². The highest BCUT2D eigenvalue weighted by Crippen LogP contribution is 2.28. The fourth-order valence-electron chi connectivity index (χ4n) is 2.46. The molecule has 0 aromatic heterocycles. The van der Waals surface area contributed by atoms with Crippen molar-refractivity contribution in [2.24, 2.45) is 5.10 Å². The molecule has 0 radical (unpaired) electrons. The van der Waals surface area contributed by atoms with Crippen molar-refractivity contribution in [2.75, 3.05) is 0 Å². The van der Waals surface area contributed by atoms with Crippen LogP contribution in [0.25, 0.3) is 0 Å². The van der Waals surface area contributed by atoms with Crippen LogP contribution >= 0.6 is 23.2 Å². The third-order valence-corrected chi connectivity index (χ3v) is 4.20. The average molecular weight is 379 g/mol. The number of halogens is 2. The zero-order valence-corrected chi connectivity index (χ0v) is 16.1. The first-order valence-electron chi connectivity index (χ1n) is 7.80. The van der Waals surface area contributed by atoms with Gasteiger partial charge in [-0.1, -0.05) is 40.9 Å². The highest BCUT2D eigenvalue weighted by atomic mass is 35.5. The molecule has 1 unspecified atom stereocenters. The number of aryl methyl sites for hydroxylation is 3. The first-order chi connectivity index (χ1) is 11.8. The zero-order valence-electron chi connectivity index (χ0n) is 14.6. The first kappa shape index (κ1) is 19.3. The smallest absolute Gasteiger partial charge is 0.280 e. The lowest BCUT2D eigenvalue weighted by molar-refractivity contribution is -0.127. The summed E-state index contributed by atoms with van der Waals surface area (Å²) in [5.74, 6) is 0.0209. The van der Waals surface area contributed by atoms with Crippen molar-refractivity contribution in [3.05, 3.63) is 62.6 Å². The summed E-state index contributed by atoms with van der Waals surface area (Å²) in [6.07, 6.45) is 0.889. The molecule has 2 aromatic carbocycles. The van der Waals surface area contributed by atoms with Gasteiger partial charge in [0.2, 0.25) is 0 Å². The number of hydrazone groups is 1. The van der Waals surface area contributed by atoms with Gasteiger partial charge >= 0.3 is 0 Å². The minimum absolute atomic E-state index is 0.349. The van der Waals surface area contributed by atoms with E-state index in [1.54, 1.807) is 31.3 Å². The quantitative estimate of drug-likeness (QED) is 0.597. The van der Waals surface area contributed by atoms with Gasteiger partial charge in [0, 0.05) is 10.6 Å². The number of carbonyl (C=O) groups is 1. The van der Waals surface area contributed by atoms with E-state index >= 15 is 0 Å². The minimum atomic E-state index is -0.754. The second-order valence-corrected chi connectivity index (χ2v) is 6.73. The lowest BCUT2D eigenvalue weighted by Gasteiger charge is -2.14. The van der Waals surface area contributed by atoms with Crippen molar-refractivity contribution >= 4 is 35.3 Å². The monoisotopic (exact) mass is 378 g/mol. The molecular weight excluding hydrogens is 359 g/mol. The minimum Gasteiger partial charge on any atom is -0.479 e. The predicted molar refractivity (Wildman–Crippen MR) is 103 cm³/mol. The Hall–Kier alpha value is -2.04. The van der Waals surface area contributed by atoms with Gasteiger partial charge in [-0.25, -0.2) is 5.43 Å². The Morgan fingerprint density at radius 3 is 2.40 bits per heavy atom. The molecule has 132 valence electrons. The Morgan fingerprint density at radius 1 is 1.16 bits per heavy atom. The summed E-state index contributed by atoms with van der Waals surface area (Å²) in [5, 5.41) is 4.88. The van der Waals surface area contributed by atoms with E-state index in [0.717, 1.165) is 16.7 Å². The Kier molecular flexibility index (Phi) is 6.45. The van der Waals surface area contributed by atoms with Crippen molar-refractivity contribution in [1.29, 1.82) is 0 Å². The standard InChI is InChI=1S/C19H20Cl2N2O2/c1-11-7-12(2)16(13(3)8-11)10-22-23-19(24)14(4)25-18-6-5-15(20)9-17(18)21/h5-10,14H,1-4H3,(H,23,24)/b22-10+. The highest BCUT2D eigenvalue weighted by molar-refractivity contribution is 6.35. The van der Waals surface area contributed by atoms with Gasteiger partial charge in [-0.3, -0.25) is 4.79 Å². The van der Waals surface area contributed by atoms with Crippen molar-refractivity contribution in [2.45, 2.75) is 33.8 Å². The number of amides is 1. The van der Waals surface area contributed by atoms with Gasteiger partial charge in [-0.15, -0.1) is 0 Å². The van der Waals surface area contributed by atoms with Gasteiger partial charge in [0.15, 0.2) is 6.10 Å². The Labute approximate surface area is 157 Å². The van der Waals surface area contributed by atoms with Crippen LogP contribution in [0.5, 0.6) is 5.75 Å². The molecule has 0 bridgehead atoms. The SMILES string of the molecule is Cc1cc(C)c(/C=N/NC(=O)C(C)Oc2ccc(Cl)cc2Cl)c(C)c1. The summed E-state index contributed by atoms with van der Waals surface area (Å²) in [5.41, 5.74) is 6.88. The maximum atomic E-state index is 12.1. The summed E-state index contributed by atoms with van der Waals surface area (Å²) in [6.45, 7) is 7.69. The maximum Gasteiger partial charge on any atom is 0.280 e. The van der Waals surface area contributed by atoms with Gasteiger partial charge in [-0.05, 0) is 57.0 Å². The number of nitrogens with zero attached hydrogens (tertiary/aromatic N) is 1. The number of ether oxygens (including phenoxy) is 1. The molecule has 0 fully saturated rings. The molecule has 0 aliphatic carbocycles. The molecule has 2 aromatic rings. The third-order valence-electron chi connectivity index (χ3n) is 3.67. The van der Waals surface area contributed by atoms with Gasteiger partial charge < -0.3 is 4.74 Å². The topological polar surface area (TPSA) is 50.7 Å². The molecule has 0 aliphatic rings. The van der Waals surface area contributed by atoms with Gasteiger partial charge in [0.25, 0.3) is 5.91 Å². The Balaban J connectivity index is 2.00. The zero-order chi connectivity index (χ0) is 18.6. The second-order valence-electron chi connectivity index (χ2n) is 5.88. The lowest BCUT2D eigenvalue weighted by Crippen LogP contribution is -2.33. The highest BCUT2D eigenvalue weighted by Gasteiger charge is 2.15. The van der Waals surface area contributed by atoms with Crippen LogP contribution in [0.3, 0.4) is 0 Å². The van der Waals surface area contributed by atoms with E-state index in [-0.39, 0.29) is 5.91 Å². The molecule has 0 saturated carbocycles. The molecule has 0 heterocycles. The number of benzene rings is 2. The van der Waals surface area contributed by atoms with Crippen molar-refractivity contribution < 1.29 is 9.53 Å². The molecule has 25 heavy (non-hydrogen) atoms. The number of rotatable bonds is 5. The summed E-state index contributed by atoms with van der Waals surface area (Å²) >= 11 is 11.9. The molecule has 1 atom stereocenters. The Morgan fingerprint density at radius 2 is 1.80 bits per heavy atom. The van der Waals surface area contributed by atoms with E-state index < -0.39 is 6.10 Å². The summed E-state index contributed by atoms with van der Waals surface area (Å²) in [7, 11) is 0. The normalized spacial score (nSPS) is 12.2. The van der Waals surface area contributed by atoms with Crippen molar-refractivity contribution in [3.8, 4) is 5.75 Å². The number of hydrogen-bond acceptors (Lipinski definition) is 3. The van der Waals surface area contributed by atoms with Gasteiger partial charge in [-0.2, -0.15) is 5.10 Å². The fraction of sp³-hybridized carbons (Fsp3) is 0.263. The molecule has 1 amide bonds. The average Bonchev–Trinajstić information content (AvgIpc) is 2.52. The van der Waals surface area contributed by atoms with E-state index in [9.17, 15) is 4.79 Å². The maximum absolute atomic E-state index is 12.1. The van der Waals surface area contributed by atoms with Crippen LogP contribution in [-0.4, -0.2) is 18.2 Å². The van der Waals surface area contributed by atoms with E-state index in [2.05, 4.69) is 22.7 Å². The van der Waals surface area contributed by atoms with Crippen molar-refractivity contribution in [1.82, 2.24) is 5.43 Å². The predicted octanol–water partition coefficient (Wildman–Crippen LogP) is 4.84. The van der Waals surface area contributed by atoms with Crippen LogP contribution in [0.2, 0.25) is 10.0 Å². The molecule has 0 spiro atoms. The number of hydrogen-bond donors (Lipinski definition) is 1. The number of carbonyl (C=O) groups excluding carboxylic acids is 1. The second kappa shape index (κ2) is 8.37. The summed E-state index contributed by atoms with van der Waals surface area (Å²) in [4.78, 5) is 12.1. The molecule has 2 rings (SSSR count). The lowest BCUT2D eigenvalue weighted by atomic mass is 10.0. The van der Waals surface area contributed by atoms with Crippen LogP contribution in [0.15, 0.2) is 35.4 Å². The molecule has 6 heteroatoms. The van der Waals surface area contributed by atoms with Crippen LogP contribution in [-0.2, 0) is 4.79 Å². The van der Waals surface area contributed by atoms with Crippen molar-refractivity contribution in [3.63, 3.8) is 0 Å². The van der Waals surface area contributed by atoms with Crippen LogP contribution < -0.4 is 10.2 Å². The third kappa shape index (κ3) is 5.21. The van der Waals surface area contributed by atoms with E-state index in [4.69, 9.17) is 27.9 Å². The summed E-state index contributed by atoms with van der Waals surface area (Å²) in [6, 6.07) is 8.98. The Bertz CT molecular complexity index is 796. The van der Waals surface area contributed by atoms with Gasteiger partial charge in [0.1, 0.15) is 5.75 Å². The van der Waals surface area contributed by atoms with Crippen LogP contribution in [0.1, 0.15) is 29.2 Å². The van der Waals surface area contributed by atoms with E-state index in [1.165, 1.54) is 5.56 Å². The first-order valence-corrected chi connectivity index (χ1v) is 8.56. The number of nitrogens with one attached hydrogen (secondary N) is 1. The molecular formula is C19H20Cl2N2O2. The summed E-state index contributed by atoms with van der Waals surface area (Å²) < 4.78 is 5.55. The molecule has 1 N–H and O–H groups in total. The fourth-order valence-corrected chi connectivity index (χ4v) is 2.91.